The molecule has 0 rings (SSSR count). The first-order chi connectivity index (χ1) is 5.61. The van der Waals surface area contributed by atoms with Gasteiger partial charge in [0, 0.05) is 17.3 Å². The van der Waals surface area contributed by atoms with Crippen molar-refractivity contribution in [2.75, 3.05) is 5.33 Å². The van der Waals surface area contributed by atoms with Gasteiger partial charge in [-0.2, -0.15) is 0 Å². The Balaban J connectivity index is 3.70. The van der Waals surface area contributed by atoms with Gasteiger partial charge in [-0.3, -0.25) is 4.79 Å². The lowest BCUT2D eigenvalue weighted by atomic mass is 10.1. The summed E-state index contributed by atoms with van der Waals surface area (Å²) < 4.78 is 0. The Morgan fingerprint density at radius 2 is 2.08 bits per heavy atom. The topological polar surface area (TPSA) is 29.1 Å². The van der Waals surface area contributed by atoms with Crippen LogP contribution in [0.4, 0.5) is 0 Å². The number of carbonyl (C=O) groups excluding carboxylic acids is 1. The summed E-state index contributed by atoms with van der Waals surface area (Å²) in [5, 5.41) is 3.75. The van der Waals surface area contributed by atoms with Gasteiger partial charge < -0.3 is 5.32 Å². The van der Waals surface area contributed by atoms with Crippen LogP contribution in [-0.2, 0) is 4.79 Å². The third-order valence-corrected chi connectivity index (χ3v) is 2.76. The fourth-order valence-corrected chi connectivity index (χ4v) is 1.15. The fourth-order valence-electron chi connectivity index (χ4n) is 0.988. The summed E-state index contributed by atoms with van der Waals surface area (Å²) in [4.78, 5) is 11.4. The second-order valence-corrected chi connectivity index (χ2v) is 3.90. The SMILES string of the molecule is CCCC(C)C(=O)NC(C)CBr. The lowest BCUT2D eigenvalue weighted by Gasteiger charge is -2.14. The van der Waals surface area contributed by atoms with E-state index in [1.165, 1.54) is 0 Å². The van der Waals surface area contributed by atoms with Crippen LogP contribution in [0, 0.1) is 5.92 Å². The average molecular weight is 236 g/mol. The molecule has 72 valence electrons. The molecule has 0 fully saturated rings. The minimum Gasteiger partial charge on any atom is -0.353 e. The molecule has 0 aliphatic heterocycles. The molecule has 0 aromatic heterocycles. The van der Waals surface area contributed by atoms with Crippen molar-refractivity contribution >= 4 is 21.8 Å². The molecule has 0 aromatic carbocycles. The van der Waals surface area contributed by atoms with E-state index in [9.17, 15) is 4.79 Å². The average Bonchev–Trinajstić information content (AvgIpc) is 2.04. The Kier molecular flexibility index (Phi) is 6.44. The second-order valence-electron chi connectivity index (χ2n) is 3.25. The minimum absolute atomic E-state index is 0.150. The van der Waals surface area contributed by atoms with Gasteiger partial charge in [-0.1, -0.05) is 36.2 Å². The maximum absolute atomic E-state index is 11.4. The van der Waals surface area contributed by atoms with E-state index < -0.39 is 0 Å². The second kappa shape index (κ2) is 6.46. The van der Waals surface area contributed by atoms with Crippen molar-refractivity contribution in [1.82, 2.24) is 5.32 Å². The van der Waals surface area contributed by atoms with E-state index in [0.717, 1.165) is 18.2 Å². The molecular formula is C9H18BrNO. The summed E-state index contributed by atoms with van der Waals surface area (Å²) in [6.45, 7) is 6.06. The minimum atomic E-state index is 0.150. The van der Waals surface area contributed by atoms with E-state index >= 15 is 0 Å². The van der Waals surface area contributed by atoms with Crippen molar-refractivity contribution in [3.05, 3.63) is 0 Å². The number of carbonyl (C=O) groups is 1. The molecule has 2 atom stereocenters. The van der Waals surface area contributed by atoms with Gasteiger partial charge in [0.25, 0.3) is 0 Å². The Morgan fingerprint density at radius 3 is 2.50 bits per heavy atom. The van der Waals surface area contributed by atoms with Crippen LogP contribution in [0.3, 0.4) is 0 Å². The van der Waals surface area contributed by atoms with E-state index in [4.69, 9.17) is 0 Å². The first kappa shape index (κ1) is 11.9. The highest BCUT2D eigenvalue weighted by Crippen LogP contribution is 2.05. The smallest absolute Gasteiger partial charge is 0.223 e. The highest BCUT2D eigenvalue weighted by Gasteiger charge is 2.12. The number of nitrogens with one attached hydrogen (secondary N) is 1. The van der Waals surface area contributed by atoms with Gasteiger partial charge in [0.2, 0.25) is 5.91 Å². The number of halogens is 1. The molecule has 0 spiro atoms. The molecule has 1 amide bonds. The summed E-state index contributed by atoms with van der Waals surface area (Å²) in [6, 6.07) is 0.233. The molecule has 0 aliphatic carbocycles. The van der Waals surface area contributed by atoms with Crippen LogP contribution in [0.25, 0.3) is 0 Å². The van der Waals surface area contributed by atoms with Gasteiger partial charge in [0.1, 0.15) is 0 Å². The summed E-state index contributed by atoms with van der Waals surface area (Å²) in [6.07, 6.45) is 2.04. The fraction of sp³-hybridized carbons (Fsp3) is 0.889. The largest absolute Gasteiger partial charge is 0.353 e. The van der Waals surface area contributed by atoms with Crippen LogP contribution in [0.2, 0.25) is 0 Å². The predicted molar refractivity (Wildman–Crippen MR) is 55.5 cm³/mol. The maximum Gasteiger partial charge on any atom is 0.223 e. The third-order valence-electron chi connectivity index (χ3n) is 1.79. The monoisotopic (exact) mass is 235 g/mol. The van der Waals surface area contributed by atoms with Crippen molar-refractivity contribution in [2.24, 2.45) is 5.92 Å². The zero-order valence-corrected chi connectivity index (χ0v) is 9.65. The van der Waals surface area contributed by atoms with Crippen molar-refractivity contribution in [3.63, 3.8) is 0 Å². The zero-order chi connectivity index (χ0) is 9.56. The Morgan fingerprint density at radius 1 is 1.50 bits per heavy atom. The Labute approximate surface area is 83.2 Å². The van der Waals surface area contributed by atoms with Crippen molar-refractivity contribution in [1.29, 1.82) is 0 Å². The summed E-state index contributed by atoms with van der Waals surface area (Å²) in [5.74, 6) is 0.320. The van der Waals surface area contributed by atoms with Gasteiger partial charge in [0.05, 0.1) is 0 Å². The molecule has 0 radical (unpaired) electrons. The van der Waals surface area contributed by atoms with Crippen LogP contribution < -0.4 is 5.32 Å². The van der Waals surface area contributed by atoms with Crippen LogP contribution in [0.15, 0.2) is 0 Å². The van der Waals surface area contributed by atoms with E-state index in [2.05, 4.69) is 28.2 Å². The van der Waals surface area contributed by atoms with E-state index in [1.54, 1.807) is 0 Å². The number of amides is 1. The molecule has 0 bridgehead atoms. The lowest BCUT2D eigenvalue weighted by Crippen LogP contribution is -2.37. The molecule has 2 unspecified atom stereocenters. The number of hydrogen-bond acceptors (Lipinski definition) is 1. The normalized spacial score (nSPS) is 15.3. The predicted octanol–water partition coefficient (Wildman–Crippen LogP) is 2.32. The van der Waals surface area contributed by atoms with Crippen molar-refractivity contribution < 1.29 is 4.79 Å². The zero-order valence-electron chi connectivity index (χ0n) is 8.06. The first-order valence-electron chi connectivity index (χ1n) is 4.48. The van der Waals surface area contributed by atoms with Crippen LogP contribution >= 0.6 is 15.9 Å². The lowest BCUT2D eigenvalue weighted by molar-refractivity contribution is -0.125. The van der Waals surface area contributed by atoms with E-state index in [-0.39, 0.29) is 17.9 Å². The third kappa shape index (κ3) is 4.75. The van der Waals surface area contributed by atoms with Gasteiger partial charge in [-0.15, -0.1) is 0 Å². The molecule has 12 heavy (non-hydrogen) atoms. The van der Waals surface area contributed by atoms with E-state index in [0.29, 0.717) is 0 Å². The molecule has 1 N–H and O–H groups in total. The molecular weight excluding hydrogens is 218 g/mol. The van der Waals surface area contributed by atoms with E-state index in [1.807, 2.05) is 13.8 Å². The molecule has 0 aromatic rings. The number of rotatable bonds is 5. The van der Waals surface area contributed by atoms with Gasteiger partial charge in [-0.05, 0) is 13.3 Å². The quantitative estimate of drug-likeness (QED) is 0.729. The van der Waals surface area contributed by atoms with Crippen LogP contribution in [-0.4, -0.2) is 17.3 Å². The highest BCUT2D eigenvalue weighted by molar-refractivity contribution is 9.09. The van der Waals surface area contributed by atoms with Gasteiger partial charge in [-0.25, -0.2) is 0 Å². The maximum atomic E-state index is 11.4. The Hall–Kier alpha value is -0.0500. The van der Waals surface area contributed by atoms with Crippen molar-refractivity contribution in [2.45, 2.75) is 39.7 Å². The van der Waals surface area contributed by atoms with Gasteiger partial charge >= 0.3 is 0 Å². The molecule has 0 aliphatic rings. The van der Waals surface area contributed by atoms with Crippen molar-refractivity contribution in [3.8, 4) is 0 Å². The summed E-state index contributed by atoms with van der Waals surface area (Å²) in [5.41, 5.74) is 0. The highest BCUT2D eigenvalue weighted by atomic mass is 79.9. The van der Waals surface area contributed by atoms with Crippen LogP contribution in [0.1, 0.15) is 33.6 Å². The molecule has 0 saturated carbocycles. The molecule has 0 heterocycles. The Bertz CT molecular complexity index is 138. The molecule has 0 saturated heterocycles. The number of hydrogen-bond donors (Lipinski definition) is 1. The molecule has 3 heteroatoms. The first-order valence-corrected chi connectivity index (χ1v) is 5.60. The number of alkyl halides is 1. The summed E-state index contributed by atoms with van der Waals surface area (Å²) >= 11 is 3.32. The standard InChI is InChI=1S/C9H18BrNO/c1-4-5-7(2)9(12)11-8(3)6-10/h7-8H,4-6H2,1-3H3,(H,11,12). The summed E-state index contributed by atoms with van der Waals surface area (Å²) in [7, 11) is 0. The molecule has 2 nitrogen and oxygen atoms in total. The van der Waals surface area contributed by atoms with Crippen LogP contribution in [0.5, 0.6) is 0 Å². The van der Waals surface area contributed by atoms with Gasteiger partial charge in [0.15, 0.2) is 0 Å².